The summed E-state index contributed by atoms with van der Waals surface area (Å²) in [5.74, 6) is 0.491. The molecular weight excluding hydrogens is 245 g/mol. The van der Waals surface area contributed by atoms with Crippen molar-refractivity contribution in [1.82, 2.24) is 14.8 Å². The van der Waals surface area contributed by atoms with Gasteiger partial charge in [0.15, 0.2) is 0 Å². The molecule has 2 rings (SSSR count). The highest BCUT2D eigenvalue weighted by molar-refractivity contribution is 6.58. The first-order chi connectivity index (χ1) is 9.10. The lowest BCUT2D eigenvalue weighted by Gasteiger charge is -2.07. The SMILES string of the molecule is CCc1cc(COc2cncc(B(O)O)c2)n(C)n1. The van der Waals surface area contributed by atoms with E-state index < -0.39 is 7.12 Å². The lowest BCUT2D eigenvalue weighted by atomic mass is 9.82. The molecule has 6 nitrogen and oxygen atoms in total. The molecule has 0 saturated heterocycles. The van der Waals surface area contributed by atoms with E-state index in [1.165, 1.54) is 12.4 Å². The molecule has 2 aromatic rings. The number of hydrogen-bond donors (Lipinski definition) is 2. The zero-order valence-corrected chi connectivity index (χ0v) is 10.9. The Morgan fingerprint density at radius 1 is 1.32 bits per heavy atom. The Bertz CT molecular complexity index is 557. The van der Waals surface area contributed by atoms with Crippen LogP contribution in [0.1, 0.15) is 18.3 Å². The van der Waals surface area contributed by atoms with Gasteiger partial charge in [-0.25, -0.2) is 0 Å². The highest BCUT2D eigenvalue weighted by atomic mass is 16.5. The average Bonchev–Trinajstić information content (AvgIpc) is 2.77. The molecule has 7 heteroatoms. The van der Waals surface area contributed by atoms with E-state index in [0.717, 1.165) is 17.8 Å². The van der Waals surface area contributed by atoms with E-state index in [4.69, 9.17) is 14.8 Å². The molecule has 2 aromatic heterocycles. The molecule has 0 amide bonds. The summed E-state index contributed by atoms with van der Waals surface area (Å²) in [5, 5.41) is 22.4. The first-order valence-electron chi connectivity index (χ1n) is 6.05. The molecule has 19 heavy (non-hydrogen) atoms. The minimum absolute atomic E-state index is 0.303. The summed E-state index contributed by atoms with van der Waals surface area (Å²) >= 11 is 0. The van der Waals surface area contributed by atoms with E-state index >= 15 is 0 Å². The highest BCUT2D eigenvalue weighted by Gasteiger charge is 2.12. The summed E-state index contributed by atoms with van der Waals surface area (Å²) < 4.78 is 7.35. The molecule has 2 heterocycles. The summed E-state index contributed by atoms with van der Waals surface area (Å²) in [4.78, 5) is 3.89. The lowest BCUT2D eigenvalue weighted by Crippen LogP contribution is -2.30. The van der Waals surface area contributed by atoms with Crippen LogP contribution in [0.25, 0.3) is 0 Å². The van der Waals surface area contributed by atoms with Crippen LogP contribution >= 0.6 is 0 Å². The van der Waals surface area contributed by atoms with E-state index in [2.05, 4.69) is 10.1 Å². The third kappa shape index (κ3) is 3.33. The average molecular weight is 261 g/mol. The Labute approximate surface area is 111 Å². The summed E-state index contributed by atoms with van der Waals surface area (Å²) in [6, 6.07) is 3.53. The van der Waals surface area contributed by atoms with Gasteiger partial charge in [0.1, 0.15) is 12.4 Å². The van der Waals surface area contributed by atoms with Crippen LogP contribution in [-0.4, -0.2) is 31.9 Å². The van der Waals surface area contributed by atoms with Crippen LogP contribution in [0.2, 0.25) is 0 Å². The molecule has 0 fully saturated rings. The van der Waals surface area contributed by atoms with Gasteiger partial charge in [-0.2, -0.15) is 5.10 Å². The number of hydrogen-bond acceptors (Lipinski definition) is 5. The maximum Gasteiger partial charge on any atom is 0.490 e. The molecule has 0 aliphatic heterocycles. The van der Waals surface area contributed by atoms with Gasteiger partial charge >= 0.3 is 7.12 Å². The van der Waals surface area contributed by atoms with Gasteiger partial charge in [-0.05, 0) is 18.6 Å². The molecule has 0 radical (unpaired) electrons. The first kappa shape index (κ1) is 13.6. The molecule has 0 aliphatic carbocycles. The molecule has 0 aromatic carbocycles. The number of rotatable bonds is 5. The second-order valence-electron chi connectivity index (χ2n) is 4.22. The maximum atomic E-state index is 9.06. The van der Waals surface area contributed by atoms with Crippen molar-refractivity contribution in [1.29, 1.82) is 0 Å². The summed E-state index contributed by atoms with van der Waals surface area (Å²) in [7, 11) is 0.323. The Morgan fingerprint density at radius 2 is 2.11 bits per heavy atom. The second-order valence-corrected chi connectivity index (χ2v) is 4.22. The molecule has 0 bridgehead atoms. The molecule has 0 spiro atoms. The van der Waals surface area contributed by atoms with Gasteiger partial charge in [-0.1, -0.05) is 6.92 Å². The highest BCUT2D eigenvalue weighted by Crippen LogP contribution is 2.10. The molecule has 0 atom stereocenters. The van der Waals surface area contributed by atoms with Crippen molar-refractivity contribution in [3.8, 4) is 5.75 Å². The molecule has 0 unspecified atom stereocenters. The van der Waals surface area contributed by atoms with Crippen LogP contribution in [0.15, 0.2) is 24.5 Å². The van der Waals surface area contributed by atoms with Crippen LogP contribution in [0, 0.1) is 0 Å². The van der Waals surface area contributed by atoms with Crippen LogP contribution in [-0.2, 0) is 20.1 Å². The van der Waals surface area contributed by atoms with E-state index in [1.54, 1.807) is 10.7 Å². The van der Waals surface area contributed by atoms with Crippen LogP contribution < -0.4 is 10.2 Å². The van der Waals surface area contributed by atoms with Crippen molar-refractivity contribution in [3.05, 3.63) is 35.9 Å². The number of pyridine rings is 1. The number of aromatic nitrogens is 3. The molecule has 0 saturated carbocycles. The molecule has 0 aliphatic rings. The minimum atomic E-state index is -1.54. The zero-order chi connectivity index (χ0) is 13.8. The summed E-state index contributed by atoms with van der Waals surface area (Å²) in [5.41, 5.74) is 2.27. The van der Waals surface area contributed by atoms with Gasteiger partial charge in [-0.15, -0.1) is 0 Å². The monoisotopic (exact) mass is 261 g/mol. The third-order valence-electron chi connectivity index (χ3n) is 2.81. The van der Waals surface area contributed by atoms with E-state index in [1.807, 2.05) is 20.0 Å². The second kappa shape index (κ2) is 5.86. The Balaban J connectivity index is 2.05. The van der Waals surface area contributed by atoms with Gasteiger partial charge < -0.3 is 14.8 Å². The normalized spacial score (nSPS) is 10.5. The number of ether oxygens (including phenoxy) is 1. The number of nitrogens with zero attached hydrogens (tertiary/aromatic N) is 3. The fourth-order valence-corrected chi connectivity index (χ4v) is 1.69. The van der Waals surface area contributed by atoms with Gasteiger partial charge in [0, 0.05) is 18.7 Å². The first-order valence-corrected chi connectivity index (χ1v) is 6.05. The largest absolute Gasteiger partial charge is 0.490 e. The molecular formula is C12H16BN3O3. The van der Waals surface area contributed by atoms with Gasteiger partial charge in [0.25, 0.3) is 0 Å². The van der Waals surface area contributed by atoms with Crippen molar-refractivity contribution in [2.45, 2.75) is 20.0 Å². The minimum Gasteiger partial charge on any atom is -0.486 e. The quantitative estimate of drug-likeness (QED) is 0.718. The maximum absolute atomic E-state index is 9.06. The fourth-order valence-electron chi connectivity index (χ4n) is 1.69. The van der Waals surface area contributed by atoms with Crippen molar-refractivity contribution < 1.29 is 14.8 Å². The summed E-state index contributed by atoms with van der Waals surface area (Å²) in [6.07, 6.45) is 3.79. The van der Waals surface area contributed by atoms with Crippen molar-refractivity contribution in [3.63, 3.8) is 0 Å². The van der Waals surface area contributed by atoms with E-state index in [9.17, 15) is 0 Å². The van der Waals surface area contributed by atoms with E-state index in [0.29, 0.717) is 17.8 Å². The van der Waals surface area contributed by atoms with Gasteiger partial charge in [0.05, 0.1) is 17.6 Å². The van der Waals surface area contributed by atoms with Crippen molar-refractivity contribution >= 4 is 12.6 Å². The third-order valence-corrected chi connectivity index (χ3v) is 2.81. The van der Waals surface area contributed by atoms with Crippen molar-refractivity contribution in [2.75, 3.05) is 0 Å². The Morgan fingerprint density at radius 3 is 2.74 bits per heavy atom. The smallest absolute Gasteiger partial charge is 0.486 e. The molecule has 2 N–H and O–H groups in total. The predicted molar refractivity (Wildman–Crippen MR) is 71.0 cm³/mol. The topological polar surface area (TPSA) is 80.4 Å². The van der Waals surface area contributed by atoms with Gasteiger partial charge in [0.2, 0.25) is 0 Å². The number of aryl methyl sites for hydroxylation is 2. The standard InChI is InChI=1S/C12H16BN3O3/c1-3-10-5-11(16(2)15-10)8-19-12-4-9(13(17)18)6-14-7-12/h4-7,17-18H,3,8H2,1-2H3. The Kier molecular flexibility index (Phi) is 4.18. The zero-order valence-electron chi connectivity index (χ0n) is 10.9. The molecule has 100 valence electrons. The predicted octanol–water partition coefficient (Wildman–Crippen LogP) is -0.364. The van der Waals surface area contributed by atoms with Crippen LogP contribution in [0.3, 0.4) is 0 Å². The van der Waals surface area contributed by atoms with Crippen LogP contribution in [0.5, 0.6) is 5.75 Å². The summed E-state index contributed by atoms with van der Waals surface area (Å²) in [6.45, 7) is 2.40. The Hall–Kier alpha value is -1.86. The fraction of sp³-hybridized carbons (Fsp3) is 0.333. The van der Waals surface area contributed by atoms with Crippen molar-refractivity contribution in [2.24, 2.45) is 7.05 Å². The van der Waals surface area contributed by atoms with Gasteiger partial charge in [-0.3, -0.25) is 9.67 Å². The lowest BCUT2D eigenvalue weighted by molar-refractivity contribution is 0.294. The van der Waals surface area contributed by atoms with Crippen LogP contribution in [0.4, 0.5) is 0 Å². The van der Waals surface area contributed by atoms with E-state index in [-0.39, 0.29) is 0 Å².